The molecule has 4 rings (SSSR count). The van der Waals surface area contributed by atoms with E-state index in [1.54, 1.807) is 18.5 Å². The van der Waals surface area contributed by atoms with Crippen LogP contribution in [0.5, 0.6) is 0 Å². The van der Waals surface area contributed by atoms with Crippen molar-refractivity contribution in [2.45, 2.75) is 32.1 Å². The lowest BCUT2D eigenvalue weighted by molar-refractivity contribution is 0.384. The topological polar surface area (TPSA) is 55.1 Å². The second-order valence-corrected chi connectivity index (χ2v) is 6.72. The number of piperidine rings is 1. The van der Waals surface area contributed by atoms with Gasteiger partial charge in [0.15, 0.2) is 5.89 Å². The van der Waals surface area contributed by atoms with Crippen LogP contribution in [-0.2, 0) is 6.42 Å². The van der Waals surface area contributed by atoms with Crippen molar-refractivity contribution in [1.29, 1.82) is 0 Å². The summed E-state index contributed by atoms with van der Waals surface area (Å²) in [6.07, 6.45) is 6.21. The molecule has 3 heterocycles. The zero-order chi connectivity index (χ0) is 17.9. The maximum Gasteiger partial charge on any atom is 0.199 e. The fourth-order valence-electron chi connectivity index (χ4n) is 3.45. The zero-order valence-electron chi connectivity index (χ0n) is 14.7. The first kappa shape index (κ1) is 16.7. The maximum atomic E-state index is 13.3. The first-order valence-corrected chi connectivity index (χ1v) is 8.91. The van der Waals surface area contributed by atoms with Gasteiger partial charge in [0, 0.05) is 25.7 Å². The predicted molar refractivity (Wildman–Crippen MR) is 96.7 cm³/mol. The SMILES string of the molecule is Cc1nccc(N2CCC[C@H](c3ncc(Cc4cccc(F)c4)o3)C2)n1. The van der Waals surface area contributed by atoms with Crippen molar-refractivity contribution < 1.29 is 8.81 Å². The van der Waals surface area contributed by atoms with E-state index in [0.29, 0.717) is 6.42 Å². The Morgan fingerprint density at radius 1 is 1.27 bits per heavy atom. The molecule has 134 valence electrons. The van der Waals surface area contributed by atoms with Gasteiger partial charge >= 0.3 is 0 Å². The molecule has 1 aromatic carbocycles. The largest absolute Gasteiger partial charge is 0.445 e. The van der Waals surface area contributed by atoms with E-state index in [0.717, 1.165) is 54.8 Å². The molecule has 0 spiro atoms. The maximum absolute atomic E-state index is 13.3. The average Bonchev–Trinajstić information content (AvgIpc) is 3.10. The van der Waals surface area contributed by atoms with E-state index in [2.05, 4.69) is 19.9 Å². The highest BCUT2D eigenvalue weighted by molar-refractivity contribution is 5.38. The molecular formula is C20H21FN4O. The van der Waals surface area contributed by atoms with E-state index in [4.69, 9.17) is 4.42 Å². The van der Waals surface area contributed by atoms with Crippen molar-refractivity contribution in [2.75, 3.05) is 18.0 Å². The first-order chi connectivity index (χ1) is 12.7. The highest BCUT2D eigenvalue weighted by atomic mass is 19.1. The number of hydrogen-bond acceptors (Lipinski definition) is 5. The monoisotopic (exact) mass is 352 g/mol. The highest BCUT2D eigenvalue weighted by Gasteiger charge is 2.26. The van der Waals surface area contributed by atoms with Gasteiger partial charge in [-0.25, -0.2) is 19.3 Å². The quantitative estimate of drug-likeness (QED) is 0.713. The highest BCUT2D eigenvalue weighted by Crippen LogP contribution is 2.29. The molecular weight excluding hydrogens is 331 g/mol. The number of oxazole rings is 1. The molecule has 1 saturated heterocycles. The Balaban J connectivity index is 1.46. The van der Waals surface area contributed by atoms with E-state index in [1.807, 2.05) is 19.1 Å². The molecule has 1 aliphatic heterocycles. The van der Waals surface area contributed by atoms with Gasteiger partial charge in [0.1, 0.15) is 23.2 Å². The van der Waals surface area contributed by atoms with Gasteiger partial charge in [-0.15, -0.1) is 0 Å². The van der Waals surface area contributed by atoms with Gasteiger partial charge in [0.05, 0.1) is 12.1 Å². The number of benzene rings is 1. The van der Waals surface area contributed by atoms with Gasteiger partial charge in [0.25, 0.3) is 0 Å². The van der Waals surface area contributed by atoms with Gasteiger partial charge < -0.3 is 9.32 Å². The Morgan fingerprint density at radius 3 is 3.04 bits per heavy atom. The van der Waals surface area contributed by atoms with Crippen molar-refractivity contribution in [3.63, 3.8) is 0 Å². The molecule has 1 aliphatic rings. The molecule has 6 heteroatoms. The van der Waals surface area contributed by atoms with Crippen LogP contribution in [-0.4, -0.2) is 28.0 Å². The molecule has 26 heavy (non-hydrogen) atoms. The summed E-state index contributed by atoms with van der Waals surface area (Å²) < 4.78 is 19.3. The van der Waals surface area contributed by atoms with Crippen molar-refractivity contribution >= 4 is 5.82 Å². The van der Waals surface area contributed by atoms with Crippen molar-refractivity contribution in [2.24, 2.45) is 0 Å². The van der Waals surface area contributed by atoms with Crippen LogP contribution in [0, 0.1) is 12.7 Å². The molecule has 0 radical (unpaired) electrons. The summed E-state index contributed by atoms with van der Waals surface area (Å²) in [7, 11) is 0. The number of aryl methyl sites for hydroxylation is 1. The molecule has 0 saturated carbocycles. The molecule has 0 N–H and O–H groups in total. The molecule has 0 bridgehead atoms. The first-order valence-electron chi connectivity index (χ1n) is 8.91. The van der Waals surface area contributed by atoms with Crippen molar-refractivity contribution in [1.82, 2.24) is 15.0 Å². The zero-order valence-corrected chi connectivity index (χ0v) is 14.7. The van der Waals surface area contributed by atoms with Crippen LogP contribution in [0.3, 0.4) is 0 Å². The molecule has 3 aromatic rings. The molecule has 5 nitrogen and oxygen atoms in total. The summed E-state index contributed by atoms with van der Waals surface area (Å²) >= 11 is 0. The second-order valence-electron chi connectivity index (χ2n) is 6.72. The van der Waals surface area contributed by atoms with Crippen LogP contribution in [0.2, 0.25) is 0 Å². The van der Waals surface area contributed by atoms with Gasteiger partial charge in [-0.1, -0.05) is 12.1 Å². The second kappa shape index (κ2) is 7.23. The minimum absolute atomic E-state index is 0.231. The third kappa shape index (κ3) is 3.74. The lowest BCUT2D eigenvalue weighted by Crippen LogP contribution is -2.35. The molecule has 1 atom stereocenters. The third-order valence-corrected chi connectivity index (χ3v) is 4.69. The Labute approximate surface area is 151 Å². The summed E-state index contributed by atoms with van der Waals surface area (Å²) in [5.41, 5.74) is 0.884. The minimum atomic E-state index is -0.231. The number of aromatic nitrogens is 3. The molecule has 0 amide bonds. The lowest BCUT2D eigenvalue weighted by atomic mass is 9.98. The minimum Gasteiger partial charge on any atom is -0.445 e. The van der Waals surface area contributed by atoms with Gasteiger partial charge in [-0.2, -0.15) is 0 Å². The fraction of sp³-hybridized carbons (Fsp3) is 0.350. The van der Waals surface area contributed by atoms with E-state index in [-0.39, 0.29) is 11.7 Å². The van der Waals surface area contributed by atoms with Crippen LogP contribution >= 0.6 is 0 Å². The Bertz CT molecular complexity index is 895. The molecule has 0 unspecified atom stereocenters. The van der Waals surface area contributed by atoms with Crippen LogP contribution in [0.15, 0.2) is 47.1 Å². The van der Waals surface area contributed by atoms with Gasteiger partial charge in [-0.05, 0) is 43.5 Å². The Kier molecular flexibility index (Phi) is 4.65. The molecule has 0 aliphatic carbocycles. The van der Waals surface area contributed by atoms with Crippen molar-refractivity contribution in [3.05, 3.63) is 71.6 Å². The van der Waals surface area contributed by atoms with E-state index in [1.165, 1.54) is 12.1 Å². The smallest absolute Gasteiger partial charge is 0.199 e. The standard InChI is InChI=1S/C20H21FN4O/c1-14-22-8-7-19(24-14)25-9-3-5-16(13-25)20-23-12-18(26-20)11-15-4-2-6-17(21)10-15/h2,4,6-8,10,12,16H,3,5,9,11,13H2,1H3/t16-/m0/s1. The number of rotatable bonds is 4. The summed E-state index contributed by atoms with van der Waals surface area (Å²) in [6.45, 7) is 3.71. The fourth-order valence-corrected chi connectivity index (χ4v) is 3.45. The Morgan fingerprint density at radius 2 is 2.19 bits per heavy atom. The number of halogens is 1. The summed E-state index contributed by atoms with van der Waals surface area (Å²) in [5.74, 6) is 3.25. The van der Waals surface area contributed by atoms with Crippen LogP contribution < -0.4 is 4.90 Å². The van der Waals surface area contributed by atoms with E-state index >= 15 is 0 Å². The van der Waals surface area contributed by atoms with E-state index in [9.17, 15) is 4.39 Å². The molecule has 2 aromatic heterocycles. The number of anilines is 1. The van der Waals surface area contributed by atoms with Crippen LogP contribution in [0.4, 0.5) is 10.2 Å². The van der Waals surface area contributed by atoms with Gasteiger partial charge in [0.2, 0.25) is 0 Å². The normalized spacial score (nSPS) is 17.5. The van der Waals surface area contributed by atoms with Crippen LogP contribution in [0.1, 0.15) is 41.8 Å². The summed E-state index contributed by atoms with van der Waals surface area (Å²) in [4.78, 5) is 15.4. The summed E-state index contributed by atoms with van der Waals surface area (Å²) in [5, 5.41) is 0. The average molecular weight is 352 g/mol. The number of nitrogens with zero attached hydrogens (tertiary/aromatic N) is 4. The van der Waals surface area contributed by atoms with E-state index < -0.39 is 0 Å². The van der Waals surface area contributed by atoms with Gasteiger partial charge in [-0.3, -0.25) is 0 Å². The Hall–Kier alpha value is -2.76. The molecule has 1 fully saturated rings. The third-order valence-electron chi connectivity index (χ3n) is 4.69. The number of hydrogen-bond donors (Lipinski definition) is 0. The van der Waals surface area contributed by atoms with Crippen LogP contribution in [0.25, 0.3) is 0 Å². The lowest BCUT2D eigenvalue weighted by Gasteiger charge is -2.32. The van der Waals surface area contributed by atoms with Crippen molar-refractivity contribution in [3.8, 4) is 0 Å². The predicted octanol–water partition coefficient (Wildman–Crippen LogP) is 3.89. The summed E-state index contributed by atoms with van der Waals surface area (Å²) in [6, 6.07) is 8.53.